The van der Waals surface area contributed by atoms with Crippen LogP contribution in [0.15, 0.2) is 36.4 Å². The van der Waals surface area contributed by atoms with Crippen LogP contribution >= 0.6 is 0 Å². The Balaban J connectivity index is 1.41. The van der Waals surface area contributed by atoms with Crippen LogP contribution in [0.4, 0.5) is 5.69 Å². The first-order valence-corrected chi connectivity index (χ1v) is 10.0. The number of amides is 1. The van der Waals surface area contributed by atoms with E-state index in [0.29, 0.717) is 12.1 Å². The molecule has 0 bridgehead atoms. The third-order valence-corrected chi connectivity index (χ3v) is 5.32. The van der Waals surface area contributed by atoms with Gasteiger partial charge in [-0.3, -0.25) is 19.8 Å². The highest BCUT2D eigenvalue weighted by Gasteiger charge is 2.19. The summed E-state index contributed by atoms with van der Waals surface area (Å²) in [5.41, 5.74) is 2.98. The molecule has 0 unspecified atom stereocenters. The molecule has 0 saturated carbocycles. The van der Waals surface area contributed by atoms with Gasteiger partial charge in [0.05, 0.1) is 19.1 Å². The van der Waals surface area contributed by atoms with E-state index < -0.39 is 4.92 Å². The lowest BCUT2D eigenvalue weighted by Crippen LogP contribution is -2.32. The van der Waals surface area contributed by atoms with Crippen molar-refractivity contribution in [1.29, 1.82) is 0 Å². The zero-order valence-corrected chi connectivity index (χ0v) is 17.3. The van der Waals surface area contributed by atoms with E-state index >= 15 is 0 Å². The fourth-order valence-electron chi connectivity index (χ4n) is 3.63. The molecule has 0 spiro atoms. The summed E-state index contributed by atoms with van der Waals surface area (Å²) >= 11 is 0. The molecule has 0 saturated heterocycles. The van der Waals surface area contributed by atoms with Crippen molar-refractivity contribution in [3.05, 3.63) is 63.2 Å². The highest BCUT2D eigenvalue weighted by Crippen LogP contribution is 2.33. The summed E-state index contributed by atoms with van der Waals surface area (Å²) in [7, 11) is 3.30. The average Bonchev–Trinajstić information content (AvgIpc) is 2.77. The fraction of sp³-hybridized carbons (Fsp3) is 0.409. The van der Waals surface area contributed by atoms with Crippen LogP contribution in [0.5, 0.6) is 11.5 Å². The predicted octanol–water partition coefficient (Wildman–Crippen LogP) is 3.18. The monoisotopic (exact) mass is 413 g/mol. The lowest BCUT2D eigenvalue weighted by Gasteiger charge is -2.29. The SMILES string of the molecule is COc1cc2c(cc1OC)CN(CCCCNC(=O)c1ccc([N+](=O)[O-])cc1)CC2. The van der Waals surface area contributed by atoms with Crippen LogP contribution in [0.2, 0.25) is 0 Å². The van der Waals surface area contributed by atoms with Gasteiger partial charge in [0.2, 0.25) is 0 Å². The summed E-state index contributed by atoms with van der Waals surface area (Å²) in [5, 5.41) is 13.5. The van der Waals surface area contributed by atoms with Crippen molar-refractivity contribution in [3.63, 3.8) is 0 Å². The lowest BCUT2D eigenvalue weighted by atomic mass is 9.98. The van der Waals surface area contributed by atoms with Gasteiger partial charge in [0.25, 0.3) is 11.6 Å². The number of methoxy groups -OCH3 is 2. The van der Waals surface area contributed by atoms with Crippen molar-refractivity contribution >= 4 is 11.6 Å². The minimum atomic E-state index is -0.479. The number of hydrogen-bond acceptors (Lipinski definition) is 6. The number of hydrogen-bond donors (Lipinski definition) is 1. The normalized spacial score (nSPS) is 13.4. The number of nitro benzene ring substituents is 1. The molecular weight excluding hydrogens is 386 g/mol. The summed E-state index contributed by atoms with van der Waals surface area (Å²) in [5.74, 6) is 1.32. The second-order valence-corrected chi connectivity index (χ2v) is 7.27. The smallest absolute Gasteiger partial charge is 0.269 e. The Morgan fingerprint density at radius 3 is 2.40 bits per heavy atom. The summed E-state index contributed by atoms with van der Waals surface area (Å²) in [4.78, 5) is 24.7. The Morgan fingerprint density at radius 2 is 1.77 bits per heavy atom. The Labute approximate surface area is 175 Å². The molecule has 8 heteroatoms. The van der Waals surface area contributed by atoms with Gasteiger partial charge >= 0.3 is 0 Å². The molecule has 0 fully saturated rings. The van der Waals surface area contributed by atoms with E-state index in [0.717, 1.165) is 50.4 Å². The summed E-state index contributed by atoms with van der Waals surface area (Å²) in [6, 6.07) is 9.76. The number of fused-ring (bicyclic) bond motifs is 1. The summed E-state index contributed by atoms with van der Waals surface area (Å²) in [6.45, 7) is 3.41. The number of unbranched alkanes of at least 4 members (excludes halogenated alkanes) is 1. The van der Waals surface area contributed by atoms with Gasteiger partial charge in [0.1, 0.15) is 0 Å². The lowest BCUT2D eigenvalue weighted by molar-refractivity contribution is -0.384. The Hall–Kier alpha value is -3.13. The van der Waals surface area contributed by atoms with Gasteiger partial charge in [-0.1, -0.05) is 0 Å². The van der Waals surface area contributed by atoms with Gasteiger partial charge < -0.3 is 14.8 Å². The highest BCUT2D eigenvalue weighted by molar-refractivity contribution is 5.94. The molecule has 0 aliphatic carbocycles. The fourth-order valence-corrected chi connectivity index (χ4v) is 3.63. The molecule has 2 aromatic rings. The number of ether oxygens (including phenoxy) is 2. The molecule has 0 atom stereocenters. The molecule has 3 rings (SSSR count). The van der Waals surface area contributed by atoms with E-state index in [9.17, 15) is 14.9 Å². The highest BCUT2D eigenvalue weighted by atomic mass is 16.6. The van der Waals surface area contributed by atoms with E-state index in [1.165, 1.54) is 35.4 Å². The van der Waals surface area contributed by atoms with Crippen LogP contribution in [0.1, 0.15) is 34.3 Å². The molecule has 1 aliphatic rings. The number of nitrogens with one attached hydrogen (secondary N) is 1. The number of benzene rings is 2. The minimum absolute atomic E-state index is 0.0225. The number of carbonyl (C=O) groups is 1. The van der Waals surface area contributed by atoms with Gasteiger partial charge in [0, 0.05) is 37.3 Å². The molecule has 0 aromatic heterocycles. The maximum atomic E-state index is 12.1. The molecule has 1 heterocycles. The summed E-state index contributed by atoms with van der Waals surface area (Å²) in [6.07, 6.45) is 2.82. The first kappa shape index (κ1) is 21.6. The van der Waals surface area contributed by atoms with Gasteiger partial charge in [-0.2, -0.15) is 0 Å². The molecule has 1 aliphatic heterocycles. The number of carbonyl (C=O) groups excluding carboxylic acids is 1. The molecule has 1 amide bonds. The Morgan fingerprint density at radius 1 is 1.10 bits per heavy atom. The van der Waals surface area contributed by atoms with Crippen LogP contribution in [-0.4, -0.2) is 49.6 Å². The van der Waals surface area contributed by atoms with Crippen molar-refractivity contribution in [3.8, 4) is 11.5 Å². The Kier molecular flexibility index (Phi) is 7.24. The molecule has 1 N–H and O–H groups in total. The third kappa shape index (κ3) is 5.27. The van der Waals surface area contributed by atoms with Crippen LogP contribution < -0.4 is 14.8 Å². The van der Waals surface area contributed by atoms with Crippen LogP contribution in [0.3, 0.4) is 0 Å². The van der Waals surface area contributed by atoms with Crippen molar-refractivity contribution in [2.45, 2.75) is 25.8 Å². The quantitative estimate of drug-likeness (QED) is 0.386. The number of rotatable bonds is 9. The molecule has 8 nitrogen and oxygen atoms in total. The van der Waals surface area contributed by atoms with Gasteiger partial charge in [0.15, 0.2) is 11.5 Å². The Bertz CT molecular complexity index is 898. The number of nitrogens with zero attached hydrogens (tertiary/aromatic N) is 2. The largest absolute Gasteiger partial charge is 0.493 e. The average molecular weight is 413 g/mol. The molecule has 0 radical (unpaired) electrons. The van der Waals surface area contributed by atoms with Crippen molar-refractivity contribution in [2.75, 3.05) is 33.9 Å². The van der Waals surface area contributed by atoms with Crippen molar-refractivity contribution in [1.82, 2.24) is 10.2 Å². The van der Waals surface area contributed by atoms with E-state index in [1.54, 1.807) is 14.2 Å². The predicted molar refractivity (Wildman–Crippen MR) is 113 cm³/mol. The van der Waals surface area contributed by atoms with E-state index in [2.05, 4.69) is 22.3 Å². The van der Waals surface area contributed by atoms with Gasteiger partial charge in [-0.15, -0.1) is 0 Å². The summed E-state index contributed by atoms with van der Waals surface area (Å²) < 4.78 is 10.8. The number of non-ortho nitro benzene ring substituents is 1. The standard InChI is InChI=1S/C22H27N3O5/c1-29-20-13-17-9-12-24(15-18(17)14-21(20)30-2)11-4-3-10-23-22(26)16-5-7-19(8-6-16)25(27)28/h5-8,13-14H,3-4,9-12,15H2,1-2H3,(H,23,26). The molecule has 30 heavy (non-hydrogen) atoms. The topological polar surface area (TPSA) is 93.9 Å². The zero-order valence-electron chi connectivity index (χ0n) is 17.3. The first-order valence-electron chi connectivity index (χ1n) is 10.0. The second-order valence-electron chi connectivity index (χ2n) is 7.27. The van der Waals surface area contributed by atoms with Crippen LogP contribution in [0, 0.1) is 10.1 Å². The van der Waals surface area contributed by atoms with Crippen molar-refractivity contribution in [2.24, 2.45) is 0 Å². The van der Waals surface area contributed by atoms with Crippen LogP contribution in [-0.2, 0) is 13.0 Å². The van der Waals surface area contributed by atoms with Crippen LogP contribution in [0.25, 0.3) is 0 Å². The van der Waals surface area contributed by atoms with E-state index in [4.69, 9.17) is 9.47 Å². The molecular formula is C22H27N3O5. The zero-order chi connectivity index (χ0) is 21.5. The maximum Gasteiger partial charge on any atom is 0.269 e. The van der Waals surface area contributed by atoms with Gasteiger partial charge in [-0.05, 0) is 61.2 Å². The molecule has 160 valence electrons. The first-order chi connectivity index (χ1) is 14.5. The van der Waals surface area contributed by atoms with Gasteiger partial charge in [-0.25, -0.2) is 0 Å². The minimum Gasteiger partial charge on any atom is -0.493 e. The van der Waals surface area contributed by atoms with E-state index in [-0.39, 0.29) is 11.6 Å². The van der Waals surface area contributed by atoms with Crippen molar-refractivity contribution < 1.29 is 19.2 Å². The number of nitro groups is 1. The molecule has 2 aromatic carbocycles. The third-order valence-electron chi connectivity index (χ3n) is 5.32. The maximum absolute atomic E-state index is 12.1. The van der Waals surface area contributed by atoms with E-state index in [1.807, 2.05) is 0 Å². The second kappa shape index (κ2) is 10.1.